The van der Waals surface area contributed by atoms with Crippen molar-refractivity contribution in [2.75, 3.05) is 6.54 Å². The van der Waals surface area contributed by atoms with Gasteiger partial charge in [-0.25, -0.2) is 4.79 Å². The van der Waals surface area contributed by atoms with Gasteiger partial charge in [-0.15, -0.1) is 0 Å². The van der Waals surface area contributed by atoms with Crippen molar-refractivity contribution in [1.29, 1.82) is 0 Å². The summed E-state index contributed by atoms with van der Waals surface area (Å²) in [7, 11) is 0. The highest BCUT2D eigenvalue weighted by Gasteiger charge is 2.34. The molecule has 2 heterocycles. The fraction of sp³-hybridized carbons (Fsp3) is 0.200. The highest BCUT2D eigenvalue weighted by molar-refractivity contribution is 7.80. The van der Waals surface area contributed by atoms with E-state index in [0.29, 0.717) is 11.3 Å². The maximum absolute atomic E-state index is 12.7. The van der Waals surface area contributed by atoms with Crippen LogP contribution in [0.5, 0.6) is 0 Å². The van der Waals surface area contributed by atoms with Gasteiger partial charge in [0.25, 0.3) is 11.8 Å². The number of allylic oxidation sites excluding steroid dienone is 1. The van der Waals surface area contributed by atoms with Gasteiger partial charge in [-0.1, -0.05) is 30.3 Å². The van der Waals surface area contributed by atoms with E-state index in [-0.39, 0.29) is 17.6 Å². The normalized spacial score (nSPS) is 20.5. The van der Waals surface area contributed by atoms with E-state index in [0.717, 1.165) is 10.6 Å². The Bertz CT molecular complexity index is 746. The minimum absolute atomic E-state index is 0.0360. The van der Waals surface area contributed by atoms with Crippen LogP contribution >= 0.6 is 12.2 Å². The van der Waals surface area contributed by atoms with Crippen LogP contribution in [0.1, 0.15) is 18.5 Å². The van der Waals surface area contributed by atoms with Crippen molar-refractivity contribution in [3.05, 3.63) is 47.2 Å². The zero-order chi connectivity index (χ0) is 17.3. The molecular weight excluding hydrogens is 330 g/mol. The summed E-state index contributed by atoms with van der Waals surface area (Å²) in [5, 5.41) is 9.11. The third-order valence-electron chi connectivity index (χ3n) is 3.70. The number of carbonyl (C=O) groups is 3. The molecule has 0 bridgehead atoms. The Balaban J connectivity index is 1.91. The summed E-state index contributed by atoms with van der Waals surface area (Å²) < 4.78 is 0. The van der Waals surface area contributed by atoms with Crippen LogP contribution in [-0.2, 0) is 9.59 Å². The van der Waals surface area contributed by atoms with Crippen molar-refractivity contribution in [2.24, 2.45) is 0 Å². The molecule has 124 valence electrons. The molecule has 0 aromatic heterocycles. The first-order chi connectivity index (χ1) is 11.5. The second kappa shape index (κ2) is 6.28. The van der Waals surface area contributed by atoms with Crippen LogP contribution in [0, 0.1) is 0 Å². The summed E-state index contributed by atoms with van der Waals surface area (Å²) in [5.74, 6) is -0.871. The van der Waals surface area contributed by atoms with Gasteiger partial charge in [0.1, 0.15) is 0 Å². The third kappa shape index (κ3) is 2.93. The number of urea groups is 1. The number of benzene rings is 1. The van der Waals surface area contributed by atoms with Crippen molar-refractivity contribution in [1.82, 2.24) is 26.4 Å². The number of nitrogens with zero attached hydrogens (tertiary/aromatic N) is 1. The van der Waals surface area contributed by atoms with Gasteiger partial charge in [-0.05, 0) is 24.7 Å². The third-order valence-corrected chi connectivity index (χ3v) is 4.03. The predicted octanol–water partition coefficient (Wildman–Crippen LogP) is 0.0624. The number of hydrogen-bond donors (Lipinski definition) is 4. The molecule has 4 amide bonds. The van der Waals surface area contributed by atoms with Gasteiger partial charge in [0, 0.05) is 5.70 Å². The number of carbonyl (C=O) groups excluding carboxylic acids is 3. The number of rotatable bonds is 3. The minimum atomic E-state index is -0.626. The number of hydrazine groups is 1. The van der Waals surface area contributed by atoms with E-state index < -0.39 is 18.0 Å². The van der Waals surface area contributed by atoms with E-state index in [1.54, 1.807) is 6.92 Å². The van der Waals surface area contributed by atoms with Crippen LogP contribution in [0.25, 0.3) is 0 Å². The van der Waals surface area contributed by atoms with E-state index in [2.05, 4.69) is 21.4 Å². The van der Waals surface area contributed by atoms with Gasteiger partial charge in [-0.3, -0.25) is 15.0 Å². The molecule has 0 aliphatic carbocycles. The van der Waals surface area contributed by atoms with Crippen molar-refractivity contribution in [3.8, 4) is 0 Å². The summed E-state index contributed by atoms with van der Waals surface area (Å²) in [4.78, 5) is 36.2. The molecule has 1 unspecified atom stereocenters. The second-order valence-electron chi connectivity index (χ2n) is 5.31. The standard InChI is InChI=1S/C15H15N5O3S/c1-8-11(13(22)19-20-10(21)7-16-15(20)24)12(18-14(23)17-8)9-5-3-2-4-6-9/h2-6,12H,7H2,1H3,(H,16,24)(H,19,22)(H2,17,18,23). The Morgan fingerprint density at radius 1 is 1.29 bits per heavy atom. The SMILES string of the molecule is CC1=C(C(=O)NN2C(=O)CNC2=S)C(c2ccccc2)NC(=O)N1. The van der Waals surface area contributed by atoms with Gasteiger partial charge in [0.2, 0.25) is 0 Å². The van der Waals surface area contributed by atoms with E-state index in [1.807, 2.05) is 30.3 Å². The molecule has 4 N–H and O–H groups in total. The smallest absolute Gasteiger partial charge is 0.319 e. The fourth-order valence-electron chi connectivity index (χ4n) is 2.59. The maximum Gasteiger partial charge on any atom is 0.319 e. The topological polar surface area (TPSA) is 103 Å². The first-order valence-corrected chi connectivity index (χ1v) is 7.63. The molecule has 0 saturated carbocycles. The van der Waals surface area contributed by atoms with Crippen molar-refractivity contribution >= 4 is 35.2 Å². The summed E-state index contributed by atoms with van der Waals surface area (Å²) in [6.45, 7) is 1.67. The minimum Gasteiger partial charge on any atom is -0.352 e. The Kier molecular flexibility index (Phi) is 4.17. The summed E-state index contributed by atoms with van der Waals surface area (Å²) in [6.07, 6.45) is 0. The van der Waals surface area contributed by atoms with Crippen LogP contribution in [-0.4, -0.2) is 34.5 Å². The van der Waals surface area contributed by atoms with Crippen molar-refractivity contribution in [2.45, 2.75) is 13.0 Å². The number of hydrogen-bond acceptors (Lipinski definition) is 4. The lowest BCUT2D eigenvalue weighted by molar-refractivity contribution is -0.132. The maximum atomic E-state index is 12.7. The average molecular weight is 345 g/mol. The Morgan fingerprint density at radius 3 is 2.62 bits per heavy atom. The Morgan fingerprint density at radius 2 is 2.00 bits per heavy atom. The fourth-order valence-corrected chi connectivity index (χ4v) is 2.81. The summed E-state index contributed by atoms with van der Waals surface area (Å²) in [5.41, 5.74) is 3.96. The number of amides is 4. The zero-order valence-corrected chi connectivity index (χ0v) is 13.6. The Hall–Kier alpha value is -2.94. The quantitative estimate of drug-likeness (QED) is 0.580. The van der Waals surface area contributed by atoms with Crippen LogP contribution in [0.2, 0.25) is 0 Å². The van der Waals surface area contributed by atoms with E-state index in [1.165, 1.54) is 0 Å². The van der Waals surface area contributed by atoms with E-state index in [9.17, 15) is 14.4 Å². The largest absolute Gasteiger partial charge is 0.352 e. The van der Waals surface area contributed by atoms with Crippen LogP contribution in [0.3, 0.4) is 0 Å². The molecule has 9 heteroatoms. The van der Waals surface area contributed by atoms with Gasteiger partial charge >= 0.3 is 6.03 Å². The van der Waals surface area contributed by atoms with Crippen molar-refractivity contribution in [3.63, 3.8) is 0 Å². The van der Waals surface area contributed by atoms with Gasteiger partial charge < -0.3 is 16.0 Å². The molecule has 1 atom stereocenters. The molecule has 24 heavy (non-hydrogen) atoms. The molecule has 2 aliphatic heterocycles. The van der Waals surface area contributed by atoms with Crippen LogP contribution < -0.4 is 21.4 Å². The highest BCUT2D eigenvalue weighted by Crippen LogP contribution is 2.26. The molecule has 8 nitrogen and oxygen atoms in total. The monoisotopic (exact) mass is 345 g/mol. The van der Waals surface area contributed by atoms with Gasteiger partial charge in [-0.2, -0.15) is 5.01 Å². The van der Waals surface area contributed by atoms with Crippen LogP contribution in [0.15, 0.2) is 41.6 Å². The number of thiocarbonyl (C=S) groups is 1. The Labute approximate surface area is 143 Å². The molecule has 1 aromatic rings. The molecule has 0 spiro atoms. The first kappa shape index (κ1) is 15.9. The molecular formula is C15H15N5O3S. The molecule has 1 aromatic carbocycles. The van der Waals surface area contributed by atoms with E-state index in [4.69, 9.17) is 12.2 Å². The van der Waals surface area contributed by atoms with Crippen LogP contribution in [0.4, 0.5) is 4.79 Å². The second-order valence-corrected chi connectivity index (χ2v) is 5.70. The predicted molar refractivity (Wildman–Crippen MR) is 89.1 cm³/mol. The zero-order valence-electron chi connectivity index (χ0n) is 12.8. The lowest BCUT2D eigenvalue weighted by Gasteiger charge is -2.29. The van der Waals surface area contributed by atoms with Gasteiger partial charge in [0.15, 0.2) is 5.11 Å². The molecule has 3 rings (SSSR count). The van der Waals surface area contributed by atoms with E-state index >= 15 is 0 Å². The molecule has 2 aliphatic rings. The average Bonchev–Trinajstić information content (AvgIpc) is 2.86. The molecule has 1 saturated heterocycles. The first-order valence-electron chi connectivity index (χ1n) is 7.22. The molecule has 0 radical (unpaired) electrons. The highest BCUT2D eigenvalue weighted by atomic mass is 32.1. The van der Waals surface area contributed by atoms with Gasteiger partial charge in [0.05, 0.1) is 18.2 Å². The summed E-state index contributed by atoms with van der Waals surface area (Å²) >= 11 is 4.99. The summed E-state index contributed by atoms with van der Waals surface area (Å²) in [6, 6.07) is 8.07. The lowest BCUT2D eigenvalue weighted by Crippen LogP contribution is -2.51. The number of nitrogens with one attached hydrogen (secondary N) is 4. The van der Waals surface area contributed by atoms with Crippen molar-refractivity contribution < 1.29 is 14.4 Å². The lowest BCUT2D eigenvalue weighted by atomic mass is 9.95. The molecule has 1 fully saturated rings.